The molecule has 5 rings (SSSR count). The number of hydrogen-bond acceptors (Lipinski definition) is 5. The number of methoxy groups -OCH3 is 2. The van der Waals surface area contributed by atoms with Gasteiger partial charge in [0.1, 0.15) is 12.2 Å². The molecule has 41 heavy (non-hydrogen) atoms. The van der Waals surface area contributed by atoms with Crippen molar-refractivity contribution in [1.29, 1.82) is 0 Å². The van der Waals surface area contributed by atoms with Gasteiger partial charge in [-0.3, -0.25) is 9.59 Å². The molecule has 3 atom stereocenters. The lowest BCUT2D eigenvalue weighted by molar-refractivity contribution is -0.170. The Hall–Kier alpha value is -4.27. The summed E-state index contributed by atoms with van der Waals surface area (Å²) >= 11 is 0. The summed E-state index contributed by atoms with van der Waals surface area (Å²) in [6, 6.07) is 18.8. The maximum Gasteiger partial charge on any atom is 0.319 e. The van der Waals surface area contributed by atoms with Crippen molar-refractivity contribution in [2.45, 2.75) is 52.0 Å². The Morgan fingerprint density at radius 3 is 2.54 bits per heavy atom. The molecule has 0 radical (unpaired) electrons. The fourth-order valence-corrected chi connectivity index (χ4v) is 5.96. The quantitative estimate of drug-likeness (QED) is 0.443. The molecule has 3 aromatic rings. The number of nitrogens with zero attached hydrogens (tertiary/aromatic N) is 3. The van der Waals surface area contributed by atoms with Gasteiger partial charge in [0.2, 0.25) is 11.8 Å². The molecule has 2 aliphatic heterocycles. The summed E-state index contributed by atoms with van der Waals surface area (Å²) in [5.41, 5.74) is 1.90. The van der Waals surface area contributed by atoms with E-state index in [4.69, 9.17) is 9.47 Å². The van der Waals surface area contributed by atoms with Crippen molar-refractivity contribution in [2.75, 3.05) is 27.3 Å². The second-order valence-corrected chi connectivity index (χ2v) is 10.8. The van der Waals surface area contributed by atoms with Gasteiger partial charge < -0.3 is 29.5 Å². The zero-order valence-electron chi connectivity index (χ0n) is 24.1. The van der Waals surface area contributed by atoms with Crippen LogP contribution in [-0.4, -0.2) is 72.1 Å². The molecule has 2 aliphatic rings. The highest BCUT2D eigenvalue weighted by molar-refractivity contribution is 5.92. The molecule has 216 valence electrons. The molecule has 4 amide bonds. The highest BCUT2D eigenvalue weighted by Gasteiger charge is 2.50. The molecule has 2 heterocycles. The van der Waals surface area contributed by atoms with Gasteiger partial charge in [-0.05, 0) is 39.9 Å². The van der Waals surface area contributed by atoms with Crippen LogP contribution >= 0.6 is 0 Å². The minimum absolute atomic E-state index is 0.0564. The van der Waals surface area contributed by atoms with Crippen molar-refractivity contribution < 1.29 is 23.9 Å². The molecule has 9 heteroatoms. The van der Waals surface area contributed by atoms with Gasteiger partial charge in [0, 0.05) is 26.1 Å². The fourth-order valence-electron chi connectivity index (χ4n) is 5.96. The van der Waals surface area contributed by atoms with E-state index in [1.165, 1.54) is 0 Å². The highest BCUT2D eigenvalue weighted by atomic mass is 16.5. The number of ether oxygens (including phenoxy) is 2. The maximum atomic E-state index is 14.0. The Labute approximate surface area is 241 Å². The van der Waals surface area contributed by atoms with Crippen LogP contribution in [0.1, 0.15) is 37.8 Å². The van der Waals surface area contributed by atoms with Gasteiger partial charge in [0.05, 0.1) is 20.8 Å². The number of benzene rings is 3. The molecule has 0 spiro atoms. The summed E-state index contributed by atoms with van der Waals surface area (Å²) in [7, 11) is 3.15. The van der Waals surface area contributed by atoms with E-state index >= 15 is 0 Å². The summed E-state index contributed by atoms with van der Waals surface area (Å²) in [5, 5.41) is 5.21. The molecule has 1 N–H and O–H groups in total. The van der Waals surface area contributed by atoms with E-state index in [0.29, 0.717) is 24.6 Å². The molecule has 0 saturated carbocycles. The Kier molecular flexibility index (Phi) is 8.33. The molecule has 2 saturated heterocycles. The van der Waals surface area contributed by atoms with Crippen molar-refractivity contribution in [1.82, 2.24) is 20.0 Å². The molecule has 0 unspecified atom stereocenters. The lowest BCUT2D eigenvalue weighted by Gasteiger charge is -2.53. The predicted octanol–water partition coefficient (Wildman–Crippen LogP) is 4.38. The van der Waals surface area contributed by atoms with Gasteiger partial charge in [0.15, 0.2) is 11.5 Å². The standard InChI is InChI=1S/C32H38N4O5/c1-5-21(2)30-31(38)34(19-24-11-8-10-23-9-6-7-12-25(23)24)20-28-35(16-15-29(37)36(28)30)32(39)33-18-22-13-14-26(40-3)27(17-22)41-4/h6-14,17,21,28,30H,5,15-16,18-20H2,1-4H3,(H,33,39)/t21-,28+,30-/m0/s1. The van der Waals surface area contributed by atoms with Crippen molar-refractivity contribution in [3.8, 4) is 11.5 Å². The van der Waals surface area contributed by atoms with E-state index in [9.17, 15) is 14.4 Å². The number of fused-ring (bicyclic) bond motifs is 2. The first-order valence-corrected chi connectivity index (χ1v) is 14.2. The maximum absolute atomic E-state index is 14.0. The molecule has 9 nitrogen and oxygen atoms in total. The average Bonchev–Trinajstić information content (AvgIpc) is 3.00. The van der Waals surface area contributed by atoms with Crippen LogP contribution in [0.15, 0.2) is 60.7 Å². The predicted molar refractivity (Wildman–Crippen MR) is 156 cm³/mol. The summed E-state index contributed by atoms with van der Waals surface area (Å²) < 4.78 is 10.7. The molecule has 3 aromatic carbocycles. The number of carbonyl (C=O) groups excluding carboxylic acids is 3. The third-order valence-electron chi connectivity index (χ3n) is 8.36. The van der Waals surface area contributed by atoms with Gasteiger partial charge >= 0.3 is 6.03 Å². The van der Waals surface area contributed by atoms with Crippen LogP contribution in [0.2, 0.25) is 0 Å². The summed E-state index contributed by atoms with van der Waals surface area (Å²) in [6.45, 7) is 5.27. The first kappa shape index (κ1) is 28.3. The smallest absolute Gasteiger partial charge is 0.319 e. The summed E-state index contributed by atoms with van der Waals surface area (Å²) in [6.07, 6.45) is 0.373. The van der Waals surface area contributed by atoms with Crippen molar-refractivity contribution in [3.63, 3.8) is 0 Å². The molecule has 0 aromatic heterocycles. The lowest BCUT2D eigenvalue weighted by Crippen LogP contribution is -2.72. The SMILES string of the molecule is CC[C@H](C)[C@H]1C(=O)N(Cc2cccc3ccccc23)C[C@@H]2N(C(=O)NCc3ccc(OC)c(OC)c3)CCC(=O)N12. The van der Waals surface area contributed by atoms with Gasteiger partial charge in [-0.15, -0.1) is 0 Å². The number of piperazine rings is 1. The van der Waals surface area contributed by atoms with Crippen LogP contribution in [0.5, 0.6) is 11.5 Å². The van der Waals surface area contributed by atoms with Crippen molar-refractivity contribution in [3.05, 3.63) is 71.8 Å². The van der Waals surface area contributed by atoms with Crippen LogP contribution in [0.3, 0.4) is 0 Å². The van der Waals surface area contributed by atoms with Gasteiger partial charge in [-0.1, -0.05) is 68.8 Å². The number of amides is 4. The Bertz CT molecular complexity index is 1440. The fraction of sp³-hybridized carbons (Fsp3) is 0.406. The molecular formula is C32H38N4O5. The van der Waals surface area contributed by atoms with E-state index in [1.807, 2.05) is 55.1 Å². The van der Waals surface area contributed by atoms with E-state index < -0.39 is 12.2 Å². The minimum Gasteiger partial charge on any atom is -0.493 e. The molecule has 2 fully saturated rings. The van der Waals surface area contributed by atoms with Gasteiger partial charge in [-0.25, -0.2) is 4.79 Å². The number of rotatable bonds is 8. The molecule has 0 aliphatic carbocycles. The highest BCUT2D eigenvalue weighted by Crippen LogP contribution is 2.32. The van der Waals surface area contributed by atoms with Crippen LogP contribution in [0.25, 0.3) is 10.8 Å². The van der Waals surface area contributed by atoms with Crippen LogP contribution < -0.4 is 14.8 Å². The number of carbonyl (C=O) groups is 3. The van der Waals surface area contributed by atoms with Crippen molar-refractivity contribution in [2.24, 2.45) is 5.92 Å². The van der Waals surface area contributed by atoms with E-state index in [1.54, 1.807) is 30.1 Å². The largest absolute Gasteiger partial charge is 0.493 e. The zero-order valence-corrected chi connectivity index (χ0v) is 24.1. The third kappa shape index (κ3) is 5.53. The number of hydrogen-bond donors (Lipinski definition) is 1. The Morgan fingerprint density at radius 2 is 1.78 bits per heavy atom. The van der Waals surface area contributed by atoms with E-state index in [-0.39, 0.29) is 43.3 Å². The number of nitrogens with one attached hydrogen (secondary N) is 1. The monoisotopic (exact) mass is 558 g/mol. The van der Waals surface area contributed by atoms with Gasteiger partial charge in [-0.2, -0.15) is 0 Å². The first-order chi connectivity index (χ1) is 19.9. The van der Waals surface area contributed by atoms with Crippen molar-refractivity contribution >= 4 is 28.6 Å². The van der Waals surface area contributed by atoms with Crippen LogP contribution in [0.4, 0.5) is 4.79 Å². The normalized spacial score (nSPS) is 19.7. The lowest BCUT2D eigenvalue weighted by atomic mass is 9.91. The summed E-state index contributed by atoms with van der Waals surface area (Å²) in [5.74, 6) is 0.994. The van der Waals surface area contributed by atoms with Crippen LogP contribution in [0, 0.1) is 5.92 Å². The summed E-state index contributed by atoms with van der Waals surface area (Å²) in [4.78, 5) is 46.1. The Morgan fingerprint density at radius 1 is 1.02 bits per heavy atom. The van der Waals surface area contributed by atoms with Gasteiger partial charge in [0.25, 0.3) is 0 Å². The topological polar surface area (TPSA) is 91.4 Å². The van der Waals surface area contributed by atoms with Crippen LogP contribution in [-0.2, 0) is 22.7 Å². The minimum atomic E-state index is -0.623. The van der Waals surface area contributed by atoms with E-state index in [2.05, 4.69) is 23.5 Å². The average molecular weight is 559 g/mol. The van der Waals surface area contributed by atoms with E-state index in [0.717, 1.165) is 28.3 Å². The third-order valence-corrected chi connectivity index (χ3v) is 8.36. The Balaban J connectivity index is 1.41. The second kappa shape index (κ2) is 12.1. The first-order valence-electron chi connectivity index (χ1n) is 14.2. The second-order valence-electron chi connectivity index (χ2n) is 10.8. The molecular weight excluding hydrogens is 520 g/mol. The molecule has 0 bridgehead atoms. The zero-order chi connectivity index (χ0) is 29.1. The number of urea groups is 1.